The third-order valence-corrected chi connectivity index (χ3v) is 25.2. The van der Waals surface area contributed by atoms with Gasteiger partial charge >= 0.3 is 23.9 Å². The van der Waals surface area contributed by atoms with Crippen LogP contribution in [-0.4, -0.2) is 87.9 Å². The van der Waals surface area contributed by atoms with Gasteiger partial charge in [0.05, 0.1) is 19.5 Å². The fourth-order valence-corrected chi connectivity index (χ4v) is 19.5. The van der Waals surface area contributed by atoms with Crippen LogP contribution in [0.1, 0.15) is 128 Å². The van der Waals surface area contributed by atoms with Gasteiger partial charge in [-0.1, -0.05) is 187 Å². The lowest BCUT2D eigenvalue weighted by Crippen LogP contribution is -2.05. The Morgan fingerprint density at radius 1 is 0.250 bits per heavy atom. The van der Waals surface area contributed by atoms with Gasteiger partial charge in [0, 0.05) is 109 Å². The Morgan fingerprint density at radius 2 is 0.476 bits per heavy atom. The van der Waals surface area contributed by atoms with Gasteiger partial charge in [-0.05, 0) is 225 Å². The molecule has 0 saturated heterocycles. The topological polar surface area (TPSA) is 298 Å². The lowest BCUT2D eigenvalue weighted by Gasteiger charge is -2.10. The molecular formula is C104H80O16S4. The van der Waals surface area contributed by atoms with Crippen molar-refractivity contribution in [2.75, 3.05) is 0 Å². The molecule has 16 rings (SSSR count). The number of carbonyl (C=O) groups excluding carboxylic acids is 4. The number of hydrogen-bond donors (Lipinski definition) is 8. The van der Waals surface area contributed by atoms with Crippen molar-refractivity contribution in [3.63, 3.8) is 0 Å². The first-order chi connectivity index (χ1) is 59.3. The molecule has 124 heavy (non-hydrogen) atoms. The summed E-state index contributed by atoms with van der Waals surface area (Å²) in [4.78, 5) is 99.8. The Balaban J connectivity index is 0.000000142. The molecule has 4 aromatic heterocycles. The fraction of sp³-hybridized carbons (Fsp3) is 0.0769. The average molecular weight is 1710 g/mol. The number of hydrogen-bond acceptors (Lipinski definition) is 16. The van der Waals surface area contributed by atoms with Crippen molar-refractivity contribution in [2.45, 2.75) is 55.4 Å². The molecule has 0 radical (unpaired) electrons. The summed E-state index contributed by atoms with van der Waals surface area (Å²) in [7, 11) is 0. The zero-order chi connectivity index (χ0) is 88.5. The summed E-state index contributed by atoms with van der Waals surface area (Å²) in [5.74, 6) is -3.61. The number of aryl methyl sites for hydroxylation is 8. The molecule has 0 fully saturated rings. The van der Waals surface area contributed by atoms with Crippen molar-refractivity contribution in [2.24, 2.45) is 0 Å². The van der Waals surface area contributed by atoms with E-state index in [1.54, 1.807) is 48.5 Å². The second-order valence-corrected chi connectivity index (χ2v) is 33.9. The van der Waals surface area contributed by atoms with E-state index in [9.17, 15) is 58.8 Å². The summed E-state index contributed by atoms with van der Waals surface area (Å²) in [6, 6.07) is 73.3. The summed E-state index contributed by atoms with van der Waals surface area (Å²) < 4.78 is 3.33. The van der Waals surface area contributed by atoms with Crippen molar-refractivity contribution in [1.82, 2.24) is 0 Å². The van der Waals surface area contributed by atoms with Crippen molar-refractivity contribution in [1.29, 1.82) is 0 Å². The van der Waals surface area contributed by atoms with E-state index < -0.39 is 23.9 Å². The highest BCUT2D eigenvalue weighted by molar-refractivity contribution is 7.23. The van der Waals surface area contributed by atoms with Crippen molar-refractivity contribution in [3.8, 4) is 67.5 Å². The zero-order valence-corrected chi connectivity index (χ0v) is 71.5. The minimum Gasteiger partial charge on any atom is -0.508 e. The zero-order valence-electron chi connectivity index (χ0n) is 68.2. The molecule has 616 valence electrons. The molecule has 0 aliphatic carbocycles. The number of aliphatic carboxylic acids is 4. The highest BCUT2D eigenvalue weighted by Crippen LogP contribution is 2.47. The van der Waals surface area contributed by atoms with E-state index in [2.05, 4.69) is 0 Å². The molecule has 16 nitrogen and oxygen atoms in total. The Kier molecular flexibility index (Phi) is 26.6. The molecule has 0 saturated carbocycles. The van der Waals surface area contributed by atoms with E-state index in [0.717, 1.165) is 176 Å². The molecule has 4 heterocycles. The highest BCUT2D eigenvalue weighted by Gasteiger charge is 2.28. The SMILES string of the molecule is Cc1ccc(C(=O)c2sc3cc(O)ccc3c2-c2ccc(/C=C/C(=O)O)cc2)c(C)c1.Cc1ccc(C(=O)c2sc3cc(O)ccc3c2-c2ccc(/C=C/C(=O)O)cc2)c(C)c1.Cc1ccc(C(=O)c2sc3cc(O)ccc3c2-c2ccc(/C=C/C(=O)O)cc2)c(C)c1.Cc1cccc(C)c1C(=O)c1sc2cc(O)ccc2c1-c1ccc(/C=C/C(=O)O)cc1. The van der Waals surface area contributed by atoms with E-state index in [0.29, 0.717) is 41.8 Å². The molecule has 20 heteroatoms. The number of aromatic hydroxyl groups is 4. The fourth-order valence-electron chi connectivity index (χ4n) is 14.7. The van der Waals surface area contributed by atoms with Gasteiger partial charge in [0.2, 0.25) is 23.1 Å². The lowest BCUT2D eigenvalue weighted by atomic mass is 9.93. The first-order valence-corrected chi connectivity index (χ1v) is 42.2. The van der Waals surface area contributed by atoms with Gasteiger partial charge in [0.1, 0.15) is 23.0 Å². The standard InChI is InChI=1S/4C26H20O4S/c3*1-15-3-10-20(16(2)13-15)25(30)26-24(21-11-9-19(27)14-22(21)31-26)18-7-4-17(5-8-18)6-12-23(28)29;1-15-4-3-5-16(2)23(15)25(30)26-24(20-12-11-19(27)14-21(20)31-26)18-9-6-17(7-10-18)8-13-22(28)29/h4*3-14,27H,1-2H3,(H,28,29)/b3*12-6+;13-8+. The van der Waals surface area contributed by atoms with E-state index in [1.165, 1.54) is 69.7 Å². The van der Waals surface area contributed by atoms with E-state index in [-0.39, 0.29) is 46.1 Å². The molecule has 0 unspecified atom stereocenters. The molecule has 0 aliphatic rings. The number of ketones is 4. The number of phenols is 4. The number of carboxylic acids is 4. The van der Waals surface area contributed by atoms with Crippen LogP contribution in [0.3, 0.4) is 0 Å². The van der Waals surface area contributed by atoms with Gasteiger partial charge in [0.15, 0.2) is 0 Å². The Labute approximate surface area is 729 Å². The number of phenolic OH excluding ortho intramolecular Hbond substituents is 4. The Bertz CT molecular complexity index is 6540. The molecule has 0 atom stereocenters. The molecule has 0 spiro atoms. The van der Waals surface area contributed by atoms with Crippen LogP contribution < -0.4 is 0 Å². The molecule has 0 bridgehead atoms. The van der Waals surface area contributed by atoms with E-state index in [4.69, 9.17) is 20.4 Å². The minimum atomic E-state index is -1.01. The number of fused-ring (bicyclic) bond motifs is 4. The molecule has 16 aromatic rings. The van der Waals surface area contributed by atoms with E-state index >= 15 is 0 Å². The lowest BCUT2D eigenvalue weighted by molar-refractivity contribution is -0.132. The minimum absolute atomic E-state index is 0.0406. The number of carbonyl (C=O) groups is 8. The molecular weight excluding hydrogens is 1630 g/mol. The van der Waals surface area contributed by atoms with Gasteiger partial charge in [0.25, 0.3) is 0 Å². The maximum atomic E-state index is 13.7. The third kappa shape index (κ3) is 19.9. The second kappa shape index (κ2) is 37.9. The van der Waals surface area contributed by atoms with Crippen LogP contribution >= 0.6 is 45.3 Å². The predicted octanol–water partition coefficient (Wildman–Crippen LogP) is 24.9. The number of rotatable bonds is 20. The third-order valence-electron chi connectivity index (χ3n) is 20.6. The van der Waals surface area contributed by atoms with Crippen LogP contribution in [0, 0.1) is 55.4 Å². The monoisotopic (exact) mass is 1710 g/mol. The number of thiophene rings is 4. The molecule has 12 aromatic carbocycles. The van der Waals surface area contributed by atoms with Gasteiger partial charge in [-0.2, -0.15) is 0 Å². The van der Waals surface area contributed by atoms with Gasteiger partial charge < -0.3 is 40.9 Å². The predicted molar refractivity (Wildman–Crippen MR) is 500 cm³/mol. The first-order valence-electron chi connectivity index (χ1n) is 38.9. The Hall–Kier alpha value is -14.8. The molecule has 0 aliphatic heterocycles. The van der Waals surface area contributed by atoms with Crippen LogP contribution in [0.5, 0.6) is 23.0 Å². The van der Waals surface area contributed by atoms with Crippen LogP contribution in [0.15, 0.2) is 267 Å². The largest absolute Gasteiger partial charge is 0.508 e. The normalized spacial score (nSPS) is 11.3. The number of carboxylic acid groups (broad SMARTS) is 4. The summed E-state index contributed by atoms with van der Waals surface area (Å²) in [5, 5.41) is 78.6. The number of benzene rings is 12. The van der Waals surface area contributed by atoms with Crippen LogP contribution in [0.4, 0.5) is 0 Å². The van der Waals surface area contributed by atoms with Crippen LogP contribution in [0.2, 0.25) is 0 Å². The summed E-state index contributed by atoms with van der Waals surface area (Å²) >= 11 is 5.47. The summed E-state index contributed by atoms with van der Waals surface area (Å²) in [6.07, 6.45) is 10.5. The van der Waals surface area contributed by atoms with Crippen molar-refractivity contribution < 1.29 is 79.2 Å². The molecule has 8 N–H and O–H groups in total. The maximum absolute atomic E-state index is 13.7. The smallest absolute Gasteiger partial charge is 0.328 e. The molecule has 0 amide bonds. The second-order valence-electron chi connectivity index (χ2n) is 29.7. The highest BCUT2D eigenvalue weighted by atomic mass is 32.1. The average Bonchev–Trinajstić information content (AvgIpc) is 1.63. The summed E-state index contributed by atoms with van der Waals surface area (Å²) in [6.45, 7) is 15.7. The van der Waals surface area contributed by atoms with Crippen LogP contribution in [0.25, 0.3) is 109 Å². The first kappa shape index (κ1) is 87.0. The van der Waals surface area contributed by atoms with Crippen LogP contribution in [-0.2, 0) is 19.2 Å². The van der Waals surface area contributed by atoms with Gasteiger partial charge in [-0.15, -0.1) is 45.3 Å². The van der Waals surface area contributed by atoms with Gasteiger partial charge in [-0.3, -0.25) is 19.2 Å². The Morgan fingerprint density at radius 3 is 0.694 bits per heavy atom. The van der Waals surface area contributed by atoms with Gasteiger partial charge in [-0.25, -0.2) is 19.2 Å². The van der Waals surface area contributed by atoms with Crippen molar-refractivity contribution >= 4 is 157 Å². The summed E-state index contributed by atoms with van der Waals surface area (Å²) in [5.41, 5.74) is 20.3. The quantitative estimate of drug-likeness (QED) is 0.0260. The van der Waals surface area contributed by atoms with Crippen molar-refractivity contribution in [3.05, 3.63) is 375 Å². The van der Waals surface area contributed by atoms with E-state index in [1.807, 2.05) is 250 Å². The maximum Gasteiger partial charge on any atom is 0.328 e.